The second kappa shape index (κ2) is 11.0. The van der Waals surface area contributed by atoms with E-state index in [1.807, 2.05) is 36.4 Å². The van der Waals surface area contributed by atoms with Crippen molar-refractivity contribution in [3.05, 3.63) is 102 Å². The van der Waals surface area contributed by atoms with Gasteiger partial charge in [-0.25, -0.2) is 12.9 Å². The second-order valence-corrected chi connectivity index (χ2v) is 11.1. The number of aromatic nitrogens is 2. The summed E-state index contributed by atoms with van der Waals surface area (Å²) >= 11 is 0. The Morgan fingerprint density at radius 1 is 1.00 bits per heavy atom. The van der Waals surface area contributed by atoms with Gasteiger partial charge < -0.3 is 20.1 Å². The highest BCUT2D eigenvalue weighted by Gasteiger charge is 2.21. The van der Waals surface area contributed by atoms with Gasteiger partial charge in [-0.15, -0.1) is 0 Å². The van der Waals surface area contributed by atoms with E-state index >= 15 is 0 Å². The van der Waals surface area contributed by atoms with Gasteiger partial charge in [-0.05, 0) is 55.5 Å². The molecule has 0 aliphatic rings. The van der Waals surface area contributed by atoms with Crippen molar-refractivity contribution in [1.29, 1.82) is 5.26 Å². The molecule has 2 heterocycles. The first-order chi connectivity index (χ1) is 19.7. The Balaban J connectivity index is 1.45. The number of para-hydroxylation sites is 2. The predicted octanol–water partition coefficient (Wildman–Crippen LogP) is 5.71. The Morgan fingerprint density at radius 2 is 1.68 bits per heavy atom. The van der Waals surface area contributed by atoms with E-state index in [1.165, 1.54) is 18.3 Å². The summed E-state index contributed by atoms with van der Waals surface area (Å²) in [5.41, 5.74) is 3.15. The number of hydrogen-bond acceptors (Lipinski definition) is 8. The van der Waals surface area contributed by atoms with E-state index in [0.717, 1.165) is 6.26 Å². The van der Waals surface area contributed by atoms with E-state index < -0.39 is 15.7 Å². The van der Waals surface area contributed by atoms with Crippen LogP contribution in [0.5, 0.6) is 17.2 Å². The maximum atomic E-state index is 13.1. The molecule has 0 bridgehead atoms. The van der Waals surface area contributed by atoms with Crippen molar-refractivity contribution in [3.8, 4) is 23.3 Å². The lowest BCUT2D eigenvalue weighted by Crippen LogP contribution is -2.16. The molecular formula is C30H25N5O5S. The van der Waals surface area contributed by atoms with Crippen LogP contribution in [0.3, 0.4) is 0 Å². The quantitative estimate of drug-likeness (QED) is 0.243. The van der Waals surface area contributed by atoms with Crippen LogP contribution in [-0.2, 0) is 9.84 Å². The van der Waals surface area contributed by atoms with Crippen molar-refractivity contribution in [3.63, 3.8) is 0 Å². The third kappa shape index (κ3) is 5.54. The molecule has 1 amide bonds. The first kappa shape index (κ1) is 27.2. The molecule has 41 heavy (non-hydrogen) atoms. The molecule has 3 aromatic carbocycles. The van der Waals surface area contributed by atoms with Gasteiger partial charge in [-0.3, -0.25) is 4.79 Å². The molecule has 0 aliphatic heterocycles. The lowest BCUT2D eigenvalue weighted by Gasteiger charge is -2.13. The van der Waals surface area contributed by atoms with Gasteiger partial charge in [-0.1, -0.05) is 24.3 Å². The Morgan fingerprint density at radius 3 is 2.37 bits per heavy atom. The summed E-state index contributed by atoms with van der Waals surface area (Å²) in [6.07, 6.45) is 4.10. The van der Waals surface area contributed by atoms with Crippen LogP contribution >= 0.6 is 0 Å². The molecule has 0 atom stereocenters. The van der Waals surface area contributed by atoms with Gasteiger partial charge in [-0.2, -0.15) is 10.4 Å². The molecule has 0 aliphatic carbocycles. The van der Waals surface area contributed by atoms with Crippen LogP contribution < -0.4 is 20.1 Å². The minimum atomic E-state index is -3.62. The number of ether oxygens (including phenoxy) is 2. The Hall–Kier alpha value is -5.34. The number of benzene rings is 3. The molecule has 0 unspecified atom stereocenters. The summed E-state index contributed by atoms with van der Waals surface area (Å²) in [7, 11) is -2.04. The van der Waals surface area contributed by atoms with E-state index in [2.05, 4.69) is 21.8 Å². The van der Waals surface area contributed by atoms with Crippen LogP contribution in [0, 0.1) is 18.3 Å². The molecule has 5 aromatic rings. The number of methoxy groups -OCH3 is 1. The van der Waals surface area contributed by atoms with Crippen LogP contribution in [0.15, 0.2) is 90.1 Å². The third-order valence-electron chi connectivity index (χ3n) is 6.38. The molecule has 10 nitrogen and oxygen atoms in total. The number of nitriles is 1. The molecule has 2 N–H and O–H groups in total. The van der Waals surface area contributed by atoms with Crippen LogP contribution in [-0.4, -0.2) is 37.3 Å². The highest BCUT2D eigenvalue weighted by Crippen LogP contribution is 2.35. The number of aryl methyl sites for hydroxylation is 1. The normalized spacial score (nSPS) is 11.1. The molecule has 0 fully saturated rings. The van der Waals surface area contributed by atoms with E-state index in [9.17, 15) is 18.5 Å². The van der Waals surface area contributed by atoms with E-state index in [-0.39, 0.29) is 10.5 Å². The van der Waals surface area contributed by atoms with Crippen molar-refractivity contribution in [2.75, 3.05) is 24.0 Å². The lowest BCUT2D eigenvalue weighted by atomic mass is 10.1. The molecule has 0 saturated heterocycles. The van der Waals surface area contributed by atoms with E-state index in [1.54, 1.807) is 49.0 Å². The number of nitrogens with one attached hydrogen (secondary N) is 2. The smallest absolute Gasteiger partial charge is 0.257 e. The van der Waals surface area contributed by atoms with Gasteiger partial charge in [0.2, 0.25) is 0 Å². The first-order valence-corrected chi connectivity index (χ1v) is 14.3. The average molecular weight is 568 g/mol. The summed E-state index contributed by atoms with van der Waals surface area (Å²) in [5, 5.41) is 20.2. The van der Waals surface area contributed by atoms with Crippen LogP contribution in [0.1, 0.15) is 21.5 Å². The molecule has 0 saturated carbocycles. The predicted molar refractivity (Wildman–Crippen MR) is 155 cm³/mol. The summed E-state index contributed by atoms with van der Waals surface area (Å²) < 4.78 is 37.2. The van der Waals surface area contributed by atoms with Gasteiger partial charge in [0.15, 0.2) is 21.3 Å². The van der Waals surface area contributed by atoms with Gasteiger partial charge >= 0.3 is 0 Å². The Labute approximate surface area is 236 Å². The number of fused-ring (bicyclic) bond motifs is 1. The summed E-state index contributed by atoms with van der Waals surface area (Å²) in [6, 6.07) is 22.7. The number of hydrogen-bond donors (Lipinski definition) is 2. The maximum absolute atomic E-state index is 13.1. The highest BCUT2D eigenvalue weighted by molar-refractivity contribution is 7.90. The van der Waals surface area contributed by atoms with Gasteiger partial charge in [0.05, 0.1) is 52.4 Å². The number of carbonyl (C=O) groups is 1. The monoisotopic (exact) mass is 567 g/mol. The Kier molecular flexibility index (Phi) is 7.33. The average Bonchev–Trinajstić information content (AvgIpc) is 3.29. The van der Waals surface area contributed by atoms with Crippen LogP contribution in [0.25, 0.3) is 5.52 Å². The number of nitrogens with zero attached hydrogens (tertiary/aromatic N) is 3. The lowest BCUT2D eigenvalue weighted by molar-refractivity contribution is 0.102. The molecule has 0 radical (unpaired) electrons. The van der Waals surface area contributed by atoms with Gasteiger partial charge in [0, 0.05) is 17.5 Å². The largest absolute Gasteiger partial charge is 0.493 e. The number of amides is 1. The zero-order valence-corrected chi connectivity index (χ0v) is 23.2. The van der Waals surface area contributed by atoms with Crippen LogP contribution in [0.4, 0.5) is 17.1 Å². The van der Waals surface area contributed by atoms with E-state index in [0.29, 0.717) is 51.0 Å². The first-order valence-electron chi connectivity index (χ1n) is 12.4. The third-order valence-corrected chi connectivity index (χ3v) is 7.53. The van der Waals surface area contributed by atoms with Gasteiger partial charge in [0.25, 0.3) is 5.91 Å². The minimum absolute atomic E-state index is 0.0316. The zero-order valence-electron chi connectivity index (χ0n) is 22.4. The molecule has 5 rings (SSSR count). The SMILES string of the molecule is COc1ccccc1Oc1ccc(Nc2c(C#N)cnn3cc(NC(=O)c4ccccc4S(C)(=O)=O)c(C)c23)cc1. The van der Waals surface area contributed by atoms with E-state index in [4.69, 9.17) is 9.47 Å². The van der Waals surface area contributed by atoms with Crippen molar-refractivity contribution in [2.24, 2.45) is 0 Å². The standard InChI is InChI=1S/C30H25N5O5S/c1-19-24(34-30(36)23-8-4-7-11-27(23)41(3,37)38)18-35-29(19)28(20(16-31)17-32-35)33-21-12-14-22(15-13-21)40-26-10-6-5-9-25(26)39-2/h4-15,17-18,33H,1-3H3,(H,34,36). The van der Waals surface area contributed by atoms with Gasteiger partial charge in [0.1, 0.15) is 11.8 Å². The number of rotatable bonds is 8. The second-order valence-electron chi connectivity index (χ2n) is 9.13. The summed E-state index contributed by atoms with van der Waals surface area (Å²) in [4.78, 5) is 13.1. The summed E-state index contributed by atoms with van der Waals surface area (Å²) in [5.74, 6) is 1.21. The Bertz CT molecular complexity index is 1930. The molecular weight excluding hydrogens is 542 g/mol. The fraction of sp³-hybridized carbons (Fsp3) is 0.100. The molecule has 0 spiro atoms. The van der Waals surface area contributed by atoms with Crippen molar-refractivity contribution in [1.82, 2.24) is 9.61 Å². The van der Waals surface area contributed by atoms with Crippen molar-refractivity contribution < 1.29 is 22.7 Å². The number of sulfone groups is 1. The highest BCUT2D eigenvalue weighted by atomic mass is 32.2. The number of anilines is 3. The topological polar surface area (TPSA) is 135 Å². The fourth-order valence-corrected chi connectivity index (χ4v) is 5.26. The molecule has 2 aromatic heterocycles. The molecule has 206 valence electrons. The molecule has 11 heteroatoms. The number of carbonyl (C=O) groups excluding carboxylic acids is 1. The van der Waals surface area contributed by atoms with Crippen molar-refractivity contribution >= 4 is 38.3 Å². The van der Waals surface area contributed by atoms with Crippen LogP contribution in [0.2, 0.25) is 0 Å². The maximum Gasteiger partial charge on any atom is 0.257 e. The zero-order chi connectivity index (χ0) is 29.1. The summed E-state index contributed by atoms with van der Waals surface area (Å²) in [6.45, 7) is 1.78. The van der Waals surface area contributed by atoms with Crippen molar-refractivity contribution in [2.45, 2.75) is 11.8 Å². The fourth-order valence-electron chi connectivity index (χ4n) is 4.37. The minimum Gasteiger partial charge on any atom is -0.493 e.